The highest BCUT2D eigenvalue weighted by Gasteiger charge is 2.20. The third-order valence-corrected chi connectivity index (χ3v) is 12.0. The van der Waals surface area contributed by atoms with Crippen molar-refractivity contribution in [2.24, 2.45) is 0 Å². The normalized spacial score (nSPS) is 11.5. The number of nitrogens with zero attached hydrogens (tertiary/aromatic N) is 5. The Bertz CT molecular complexity index is 3400. The molecule has 0 fully saturated rings. The number of fused-ring (bicyclic) bond motifs is 6. The van der Waals surface area contributed by atoms with Gasteiger partial charge in [-0.05, 0) is 87.0 Å². The van der Waals surface area contributed by atoms with Crippen LogP contribution in [-0.2, 0) is 0 Å². The highest BCUT2D eigenvalue weighted by molar-refractivity contribution is 6.10. The Kier molecular flexibility index (Phi) is 8.42. The Morgan fingerprint density at radius 2 is 0.516 bits per heavy atom. The van der Waals surface area contributed by atoms with Gasteiger partial charge >= 0.3 is 0 Å². The third kappa shape index (κ3) is 6.06. The lowest BCUT2D eigenvalue weighted by molar-refractivity contribution is 0.893. The fraction of sp³-hybridized carbons (Fsp3) is 0. The van der Waals surface area contributed by atoms with Crippen molar-refractivity contribution in [3.05, 3.63) is 224 Å². The highest BCUT2D eigenvalue weighted by Crippen LogP contribution is 2.36. The molecule has 12 aromatic rings. The molecule has 0 atom stereocenters. The second-order valence-corrected chi connectivity index (χ2v) is 15.7. The molecule has 290 valence electrons. The molecule has 5 nitrogen and oxygen atoms in total. The minimum Gasteiger partial charge on any atom is -0.278 e. The molecule has 0 saturated carbocycles. The lowest BCUT2D eigenvalue weighted by Crippen LogP contribution is -2.10. The van der Waals surface area contributed by atoms with Crippen molar-refractivity contribution in [1.82, 2.24) is 24.1 Å². The van der Waals surface area contributed by atoms with Gasteiger partial charge in [0.2, 0.25) is 11.9 Å². The summed E-state index contributed by atoms with van der Waals surface area (Å²) in [4.78, 5) is 15.9. The molecule has 0 aliphatic heterocycles. The van der Waals surface area contributed by atoms with Crippen LogP contribution in [0.25, 0.3) is 111 Å². The summed E-state index contributed by atoms with van der Waals surface area (Å²) in [5, 5.41) is 4.60. The summed E-state index contributed by atoms with van der Waals surface area (Å²) < 4.78 is 4.34. The molecule has 0 spiro atoms. The van der Waals surface area contributed by atoms with E-state index < -0.39 is 0 Å². The van der Waals surface area contributed by atoms with E-state index in [1.807, 2.05) is 0 Å². The molecule has 5 heteroatoms. The predicted molar refractivity (Wildman–Crippen MR) is 256 cm³/mol. The number of benzene rings is 9. The molecular formula is C57H37N5. The van der Waals surface area contributed by atoms with E-state index in [0.29, 0.717) is 17.7 Å². The van der Waals surface area contributed by atoms with Gasteiger partial charge in [-0.2, -0.15) is 15.0 Å². The Labute approximate surface area is 358 Å². The van der Waals surface area contributed by atoms with E-state index in [-0.39, 0.29) is 0 Å². The molecule has 12 rings (SSSR count). The number of hydrogen-bond acceptors (Lipinski definition) is 3. The summed E-state index contributed by atoms with van der Waals surface area (Å²) in [5.41, 5.74) is 14.4. The van der Waals surface area contributed by atoms with Crippen molar-refractivity contribution in [3.63, 3.8) is 0 Å². The van der Waals surface area contributed by atoms with E-state index in [1.165, 1.54) is 27.8 Å². The van der Waals surface area contributed by atoms with E-state index in [4.69, 9.17) is 15.0 Å². The van der Waals surface area contributed by atoms with Crippen molar-refractivity contribution in [1.29, 1.82) is 0 Å². The molecule has 0 bridgehead atoms. The predicted octanol–water partition coefficient (Wildman–Crippen LogP) is 14.4. The van der Waals surface area contributed by atoms with Crippen molar-refractivity contribution in [3.8, 4) is 67.8 Å². The number of rotatable bonds is 7. The minimum atomic E-state index is 0.563. The van der Waals surface area contributed by atoms with Gasteiger partial charge in [-0.25, -0.2) is 0 Å². The van der Waals surface area contributed by atoms with Crippen molar-refractivity contribution in [2.45, 2.75) is 0 Å². The van der Waals surface area contributed by atoms with Crippen LogP contribution in [0.2, 0.25) is 0 Å². The molecule has 9 aromatic carbocycles. The zero-order valence-electron chi connectivity index (χ0n) is 33.6. The number of hydrogen-bond donors (Lipinski definition) is 0. The smallest absolute Gasteiger partial charge is 0.240 e. The molecule has 0 aliphatic rings. The van der Waals surface area contributed by atoms with E-state index >= 15 is 0 Å². The van der Waals surface area contributed by atoms with Crippen molar-refractivity contribution >= 4 is 43.6 Å². The maximum atomic E-state index is 5.31. The SMILES string of the molecule is c1ccc(-c2cccc(-c3cccc(-c4ccc(-c5cccc(-c6nc(-n7c8ccccc8c8ccccc87)nc(-n7c8ccccc8c8ccccc87)n6)c5)cc4)c3)c2)cc1. The second-order valence-electron chi connectivity index (χ2n) is 15.7. The van der Waals surface area contributed by atoms with Crippen molar-refractivity contribution in [2.75, 3.05) is 0 Å². The van der Waals surface area contributed by atoms with Gasteiger partial charge < -0.3 is 0 Å². The lowest BCUT2D eigenvalue weighted by Gasteiger charge is -2.13. The summed E-state index contributed by atoms with van der Waals surface area (Å²) in [5.74, 6) is 1.72. The zero-order valence-corrected chi connectivity index (χ0v) is 33.6. The van der Waals surface area contributed by atoms with Gasteiger partial charge in [-0.15, -0.1) is 0 Å². The van der Waals surface area contributed by atoms with Crippen LogP contribution in [0.4, 0.5) is 0 Å². The molecule has 0 amide bonds. The van der Waals surface area contributed by atoms with E-state index in [9.17, 15) is 0 Å². The Balaban J connectivity index is 0.956. The van der Waals surface area contributed by atoms with Crippen LogP contribution in [0, 0.1) is 0 Å². The minimum absolute atomic E-state index is 0.563. The van der Waals surface area contributed by atoms with E-state index in [0.717, 1.165) is 65.9 Å². The van der Waals surface area contributed by atoms with Gasteiger partial charge in [-0.1, -0.05) is 182 Å². The van der Waals surface area contributed by atoms with Gasteiger partial charge in [0.25, 0.3) is 0 Å². The van der Waals surface area contributed by atoms with Crippen molar-refractivity contribution < 1.29 is 0 Å². The molecule has 3 heterocycles. The van der Waals surface area contributed by atoms with Gasteiger partial charge in [0.1, 0.15) is 0 Å². The number of para-hydroxylation sites is 4. The standard InChI is InChI=1S/C57H37N5/c1-2-15-38(16-3-1)41-17-12-20-44(35-41)45-21-13-18-42(36-45)39-31-33-40(34-32-39)43-19-14-22-46(37-43)55-58-56(61-51-27-8-4-23-47(51)48-24-5-9-28-52(48)61)60-57(59-55)62-53-29-10-6-25-49(53)50-26-7-11-30-54(50)62/h1-37H. The van der Waals surface area contributed by atoms with Gasteiger partial charge in [-0.3, -0.25) is 9.13 Å². The van der Waals surface area contributed by atoms with Crippen LogP contribution < -0.4 is 0 Å². The van der Waals surface area contributed by atoms with Crippen LogP contribution in [0.15, 0.2) is 224 Å². The largest absolute Gasteiger partial charge is 0.278 e. The van der Waals surface area contributed by atoms with E-state index in [1.54, 1.807) is 0 Å². The van der Waals surface area contributed by atoms with Gasteiger partial charge in [0.05, 0.1) is 22.1 Å². The summed E-state index contributed by atoms with van der Waals surface area (Å²) in [7, 11) is 0. The van der Waals surface area contributed by atoms with Crippen LogP contribution in [-0.4, -0.2) is 24.1 Å². The van der Waals surface area contributed by atoms with Crippen LogP contribution >= 0.6 is 0 Å². The maximum Gasteiger partial charge on any atom is 0.240 e. The molecule has 0 unspecified atom stereocenters. The topological polar surface area (TPSA) is 48.5 Å². The lowest BCUT2D eigenvalue weighted by atomic mass is 9.95. The summed E-state index contributed by atoms with van der Waals surface area (Å²) in [6.45, 7) is 0. The monoisotopic (exact) mass is 791 g/mol. The first-order valence-electron chi connectivity index (χ1n) is 20.9. The number of aromatic nitrogens is 5. The molecule has 0 saturated heterocycles. The average molecular weight is 792 g/mol. The Hall–Kier alpha value is -8.41. The second kappa shape index (κ2) is 14.7. The summed E-state index contributed by atoms with van der Waals surface area (Å²) >= 11 is 0. The average Bonchev–Trinajstić information content (AvgIpc) is 3.88. The Morgan fingerprint density at radius 3 is 0.919 bits per heavy atom. The fourth-order valence-corrected chi connectivity index (χ4v) is 9.04. The molecule has 3 aromatic heterocycles. The maximum absolute atomic E-state index is 5.31. The van der Waals surface area contributed by atoms with E-state index in [2.05, 4.69) is 234 Å². The molecule has 0 aliphatic carbocycles. The van der Waals surface area contributed by atoms with Crippen LogP contribution in [0.1, 0.15) is 0 Å². The molecular weight excluding hydrogens is 755 g/mol. The quantitative estimate of drug-likeness (QED) is 0.162. The highest BCUT2D eigenvalue weighted by atomic mass is 15.3. The van der Waals surface area contributed by atoms with Gasteiger partial charge in [0.15, 0.2) is 5.82 Å². The zero-order chi connectivity index (χ0) is 41.0. The van der Waals surface area contributed by atoms with Crippen LogP contribution in [0.5, 0.6) is 0 Å². The first-order chi connectivity index (χ1) is 30.7. The van der Waals surface area contributed by atoms with Crippen LogP contribution in [0.3, 0.4) is 0 Å². The first kappa shape index (κ1) is 35.5. The summed E-state index contributed by atoms with van der Waals surface area (Å²) in [6.07, 6.45) is 0. The molecule has 0 N–H and O–H groups in total. The molecule has 0 radical (unpaired) electrons. The Morgan fingerprint density at radius 1 is 0.226 bits per heavy atom. The summed E-state index contributed by atoms with van der Waals surface area (Å²) in [6, 6.07) is 79.4. The van der Waals surface area contributed by atoms with Gasteiger partial charge in [0, 0.05) is 27.1 Å². The third-order valence-electron chi connectivity index (χ3n) is 12.0. The molecule has 62 heavy (non-hydrogen) atoms. The fourth-order valence-electron chi connectivity index (χ4n) is 9.04. The first-order valence-corrected chi connectivity index (χ1v) is 20.9.